The Morgan fingerprint density at radius 1 is 1.40 bits per heavy atom. The zero-order chi connectivity index (χ0) is 14.7. The largest absolute Gasteiger partial charge is 0.370 e. The summed E-state index contributed by atoms with van der Waals surface area (Å²) in [6.07, 6.45) is 2.22. The highest BCUT2D eigenvalue weighted by atomic mass is 16.6. The molecule has 0 bridgehead atoms. The number of rotatable bonds is 3. The molecule has 0 amide bonds. The number of nitrogens with zero attached hydrogens (tertiary/aromatic N) is 3. The van der Waals surface area contributed by atoms with Crippen LogP contribution in [0.3, 0.4) is 0 Å². The third kappa shape index (κ3) is 2.90. The Kier molecular flexibility index (Phi) is 4.23. The Morgan fingerprint density at radius 2 is 2.05 bits per heavy atom. The van der Waals surface area contributed by atoms with Gasteiger partial charge in [-0.1, -0.05) is 13.8 Å². The number of benzene rings is 1. The molecule has 0 atom stereocenters. The first kappa shape index (κ1) is 14.3. The first-order chi connectivity index (χ1) is 9.52. The van der Waals surface area contributed by atoms with Gasteiger partial charge in [-0.15, -0.1) is 0 Å². The van der Waals surface area contributed by atoms with Gasteiger partial charge in [0.2, 0.25) is 0 Å². The van der Waals surface area contributed by atoms with Gasteiger partial charge >= 0.3 is 0 Å². The monoisotopic (exact) mass is 273 g/mol. The summed E-state index contributed by atoms with van der Waals surface area (Å²) in [5.74, 6) is 1.42. The average molecular weight is 273 g/mol. The van der Waals surface area contributed by atoms with Crippen molar-refractivity contribution in [3.63, 3.8) is 0 Å². The number of hydrogen-bond acceptors (Lipinski definition) is 4. The molecule has 1 fully saturated rings. The van der Waals surface area contributed by atoms with Gasteiger partial charge in [0.1, 0.15) is 6.07 Å². The van der Waals surface area contributed by atoms with Crippen LogP contribution in [0, 0.1) is 33.3 Å². The van der Waals surface area contributed by atoms with Crippen molar-refractivity contribution < 1.29 is 4.92 Å². The predicted octanol–water partition coefficient (Wildman–Crippen LogP) is 3.34. The van der Waals surface area contributed by atoms with Gasteiger partial charge < -0.3 is 4.90 Å². The van der Waals surface area contributed by atoms with Crippen molar-refractivity contribution in [3.8, 4) is 6.07 Å². The lowest BCUT2D eigenvalue weighted by Crippen LogP contribution is -2.35. The minimum absolute atomic E-state index is 0.0256. The lowest BCUT2D eigenvalue weighted by molar-refractivity contribution is -0.384. The van der Waals surface area contributed by atoms with Crippen molar-refractivity contribution in [1.29, 1.82) is 5.26 Å². The van der Waals surface area contributed by atoms with Crippen molar-refractivity contribution in [2.24, 2.45) is 11.8 Å². The van der Waals surface area contributed by atoms with Crippen molar-refractivity contribution >= 4 is 11.4 Å². The molecule has 0 N–H and O–H groups in total. The van der Waals surface area contributed by atoms with Crippen LogP contribution in [0.5, 0.6) is 0 Å². The third-order valence-corrected chi connectivity index (χ3v) is 4.13. The van der Waals surface area contributed by atoms with E-state index in [-0.39, 0.29) is 5.69 Å². The standard InChI is InChI=1S/C15H19N3O2/c1-11(2)12-5-7-17(8-6-12)15-4-3-14(18(19)20)9-13(15)10-16/h3-4,9,11-12H,5-8H2,1-2H3. The van der Waals surface area contributed by atoms with Gasteiger partial charge in [-0.25, -0.2) is 0 Å². The van der Waals surface area contributed by atoms with Gasteiger partial charge in [-0.3, -0.25) is 10.1 Å². The van der Waals surface area contributed by atoms with E-state index in [1.165, 1.54) is 12.1 Å². The molecule has 0 aliphatic carbocycles. The van der Waals surface area contributed by atoms with Gasteiger partial charge in [0.25, 0.3) is 5.69 Å². The number of nitro groups is 1. The molecule has 1 aliphatic heterocycles. The van der Waals surface area contributed by atoms with Crippen molar-refractivity contribution in [3.05, 3.63) is 33.9 Å². The normalized spacial score (nSPS) is 16.2. The molecular formula is C15H19N3O2. The fourth-order valence-corrected chi connectivity index (χ4v) is 2.81. The number of non-ortho nitro benzene ring substituents is 1. The lowest BCUT2D eigenvalue weighted by atomic mass is 9.86. The maximum absolute atomic E-state index is 10.8. The van der Waals surface area contributed by atoms with E-state index in [1.54, 1.807) is 6.07 Å². The summed E-state index contributed by atoms with van der Waals surface area (Å²) in [7, 11) is 0. The van der Waals surface area contributed by atoms with Crippen LogP contribution in [-0.4, -0.2) is 18.0 Å². The minimum Gasteiger partial charge on any atom is -0.370 e. The van der Waals surface area contributed by atoms with Crippen LogP contribution in [0.1, 0.15) is 32.3 Å². The quantitative estimate of drug-likeness (QED) is 0.625. The van der Waals surface area contributed by atoms with Gasteiger partial charge in [-0.2, -0.15) is 5.26 Å². The van der Waals surface area contributed by atoms with Gasteiger partial charge in [-0.05, 0) is 30.7 Å². The summed E-state index contributed by atoms with van der Waals surface area (Å²) in [4.78, 5) is 12.5. The van der Waals surface area contributed by atoms with E-state index in [0.717, 1.165) is 37.5 Å². The van der Waals surface area contributed by atoms with Crippen LogP contribution in [0.25, 0.3) is 0 Å². The molecule has 1 aliphatic rings. The van der Waals surface area contributed by atoms with E-state index < -0.39 is 4.92 Å². The molecule has 5 heteroatoms. The number of hydrogen-bond donors (Lipinski definition) is 0. The molecule has 0 saturated carbocycles. The maximum atomic E-state index is 10.8. The first-order valence-corrected chi connectivity index (χ1v) is 6.96. The highest BCUT2D eigenvalue weighted by Crippen LogP contribution is 2.31. The average Bonchev–Trinajstić information content (AvgIpc) is 2.46. The van der Waals surface area contributed by atoms with Gasteiger partial charge in [0.05, 0.1) is 16.2 Å². The Labute approximate surface area is 119 Å². The number of nitriles is 1. The topological polar surface area (TPSA) is 70.2 Å². The number of anilines is 1. The summed E-state index contributed by atoms with van der Waals surface area (Å²) >= 11 is 0. The molecule has 0 aromatic heterocycles. The second kappa shape index (κ2) is 5.91. The van der Waals surface area contributed by atoms with Crippen LogP contribution in [0.4, 0.5) is 11.4 Å². The molecule has 5 nitrogen and oxygen atoms in total. The highest BCUT2D eigenvalue weighted by Gasteiger charge is 2.23. The van der Waals surface area contributed by atoms with E-state index in [2.05, 4.69) is 24.8 Å². The molecule has 0 spiro atoms. The van der Waals surface area contributed by atoms with Gasteiger partial charge in [0, 0.05) is 25.2 Å². The Morgan fingerprint density at radius 3 is 2.55 bits per heavy atom. The van der Waals surface area contributed by atoms with Crippen LogP contribution < -0.4 is 4.90 Å². The van der Waals surface area contributed by atoms with E-state index in [1.807, 2.05) is 0 Å². The summed E-state index contributed by atoms with van der Waals surface area (Å²) in [5.41, 5.74) is 1.19. The van der Waals surface area contributed by atoms with E-state index in [9.17, 15) is 15.4 Å². The molecule has 1 saturated heterocycles. The van der Waals surface area contributed by atoms with Gasteiger partial charge in [0.15, 0.2) is 0 Å². The molecule has 2 rings (SSSR count). The summed E-state index contributed by atoms with van der Waals surface area (Å²) in [5, 5.41) is 20.0. The number of nitro benzene ring substituents is 1. The SMILES string of the molecule is CC(C)C1CCN(c2ccc([N+](=O)[O-])cc2C#N)CC1. The van der Waals surface area contributed by atoms with Crippen LogP contribution >= 0.6 is 0 Å². The molecule has 1 aromatic carbocycles. The summed E-state index contributed by atoms with van der Waals surface area (Å²) < 4.78 is 0. The molecule has 106 valence electrons. The van der Waals surface area contributed by atoms with Crippen molar-refractivity contribution in [2.45, 2.75) is 26.7 Å². The molecule has 1 heterocycles. The fraction of sp³-hybridized carbons (Fsp3) is 0.533. The smallest absolute Gasteiger partial charge is 0.270 e. The van der Waals surface area contributed by atoms with Crippen molar-refractivity contribution in [1.82, 2.24) is 0 Å². The van der Waals surface area contributed by atoms with Crippen LogP contribution in [0.2, 0.25) is 0 Å². The molecule has 20 heavy (non-hydrogen) atoms. The summed E-state index contributed by atoms with van der Waals surface area (Å²) in [6, 6.07) is 6.62. The highest BCUT2D eigenvalue weighted by molar-refractivity contribution is 5.63. The van der Waals surface area contributed by atoms with E-state index in [4.69, 9.17) is 0 Å². The van der Waals surface area contributed by atoms with E-state index in [0.29, 0.717) is 11.5 Å². The second-order valence-electron chi connectivity index (χ2n) is 5.64. The first-order valence-electron chi connectivity index (χ1n) is 6.96. The maximum Gasteiger partial charge on any atom is 0.270 e. The second-order valence-corrected chi connectivity index (χ2v) is 5.64. The molecule has 0 unspecified atom stereocenters. The third-order valence-electron chi connectivity index (χ3n) is 4.13. The molecule has 1 aromatic rings. The van der Waals surface area contributed by atoms with Crippen LogP contribution in [0.15, 0.2) is 18.2 Å². The zero-order valence-corrected chi connectivity index (χ0v) is 11.9. The van der Waals surface area contributed by atoms with E-state index >= 15 is 0 Å². The van der Waals surface area contributed by atoms with Crippen molar-refractivity contribution in [2.75, 3.05) is 18.0 Å². The molecule has 0 radical (unpaired) electrons. The summed E-state index contributed by atoms with van der Waals surface area (Å²) in [6.45, 7) is 6.31. The lowest BCUT2D eigenvalue weighted by Gasteiger charge is -2.35. The Bertz CT molecular complexity index is 541. The predicted molar refractivity (Wildman–Crippen MR) is 77.6 cm³/mol. The molecular weight excluding hydrogens is 254 g/mol. The minimum atomic E-state index is -0.463. The Hall–Kier alpha value is -2.09. The fourth-order valence-electron chi connectivity index (χ4n) is 2.81. The Balaban J connectivity index is 2.18. The number of piperidine rings is 1. The van der Waals surface area contributed by atoms with Crippen LogP contribution in [-0.2, 0) is 0 Å². The zero-order valence-electron chi connectivity index (χ0n) is 11.9.